The quantitative estimate of drug-likeness (QED) is 0.673. The maximum atomic E-state index is 12.9. The highest BCUT2D eigenvalue weighted by Gasteiger charge is 2.27. The van der Waals surface area contributed by atoms with Crippen molar-refractivity contribution in [1.29, 1.82) is 0 Å². The van der Waals surface area contributed by atoms with E-state index in [1.807, 2.05) is 41.8 Å². The fraction of sp³-hybridized carbons (Fsp3) is 0.190. The molecule has 1 amide bonds. The van der Waals surface area contributed by atoms with E-state index in [1.54, 1.807) is 23.5 Å². The molecule has 1 aromatic heterocycles. The minimum atomic E-state index is -3.66. The van der Waals surface area contributed by atoms with Crippen LogP contribution in [-0.4, -0.2) is 44.9 Å². The van der Waals surface area contributed by atoms with Gasteiger partial charge in [0, 0.05) is 34.8 Å². The third kappa shape index (κ3) is 4.25. The summed E-state index contributed by atoms with van der Waals surface area (Å²) < 4.78 is 32.4. The first-order valence-electron chi connectivity index (χ1n) is 9.18. The molecule has 150 valence electrons. The zero-order valence-electron chi connectivity index (χ0n) is 15.6. The van der Waals surface area contributed by atoms with Crippen molar-refractivity contribution in [2.75, 3.05) is 31.6 Å². The number of nitrogens with one attached hydrogen (secondary N) is 1. The van der Waals surface area contributed by atoms with Crippen LogP contribution in [0.3, 0.4) is 0 Å². The van der Waals surface area contributed by atoms with Gasteiger partial charge in [-0.1, -0.05) is 30.3 Å². The topological polar surface area (TPSA) is 75.7 Å². The molecule has 3 aromatic rings. The largest absolute Gasteiger partial charge is 0.379 e. The van der Waals surface area contributed by atoms with Crippen LogP contribution >= 0.6 is 11.3 Å². The summed E-state index contributed by atoms with van der Waals surface area (Å²) >= 11 is 1.59. The first-order valence-corrected chi connectivity index (χ1v) is 11.5. The Morgan fingerprint density at radius 2 is 1.79 bits per heavy atom. The average Bonchev–Trinajstić information content (AvgIpc) is 3.29. The lowest BCUT2D eigenvalue weighted by molar-refractivity contribution is 0.0730. The van der Waals surface area contributed by atoms with Crippen molar-refractivity contribution in [2.45, 2.75) is 4.90 Å². The second kappa shape index (κ2) is 8.46. The molecule has 1 aliphatic rings. The number of sulfonamides is 1. The van der Waals surface area contributed by atoms with Crippen LogP contribution in [0.4, 0.5) is 5.69 Å². The lowest BCUT2D eigenvalue weighted by atomic mass is 10.1. The van der Waals surface area contributed by atoms with Crippen molar-refractivity contribution >= 4 is 33.0 Å². The maximum absolute atomic E-state index is 12.9. The lowest BCUT2D eigenvalue weighted by Gasteiger charge is -2.26. The number of rotatable bonds is 5. The van der Waals surface area contributed by atoms with Crippen LogP contribution < -0.4 is 5.32 Å². The number of thiophene rings is 1. The van der Waals surface area contributed by atoms with Crippen molar-refractivity contribution in [3.63, 3.8) is 0 Å². The summed E-state index contributed by atoms with van der Waals surface area (Å²) in [6.07, 6.45) is 0. The summed E-state index contributed by atoms with van der Waals surface area (Å²) in [6, 6.07) is 17.6. The number of morpholine rings is 1. The van der Waals surface area contributed by atoms with Crippen molar-refractivity contribution < 1.29 is 17.9 Å². The molecule has 4 rings (SSSR count). The monoisotopic (exact) mass is 428 g/mol. The number of amides is 1. The predicted octanol–water partition coefficient (Wildman–Crippen LogP) is 3.69. The summed E-state index contributed by atoms with van der Waals surface area (Å²) in [5.74, 6) is -0.354. The smallest absolute Gasteiger partial charge is 0.255 e. The Bertz CT molecular complexity index is 1110. The van der Waals surface area contributed by atoms with Crippen LogP contribution in [0.5, 0.6) is 0 Å². The summed E-state index contributed by atoms with van der Waals surface area (Å²) in [7, 11) is -3.66. The minimum Gasteiger partial charge on any atom is -0.379 e. The molecular weight excluding hydrogens is 408 g/mol. The number of nitrogens with zero attached hydrogens (tertiary/aromatic N) is 1. The van der Waals surface area contributed by atoms with E-state index in [2.05, 4.69) is 5.32 Å². The van der Waals surface area contributed by atoms with Gasteiger partial charge in [-0.15, -0.1) is 11.3 Å². The zero-order chi connectivity index (χ0) is 20.3. The zero-order valence-corrected chi connectivity index (χ0v) is 17.2. The minimum absolute atomic E-state index is 0.110. The molecule has 6 nitrogen and oxygen atoms in total. The fourth-order valence-corrected chi connectivity index (χ4v) is 5.39. The van der Waals surface area contributed by atoms with Gasteiger partial charge in [-0.05, 0) is 35.7 Å². The van der Waals surface area contributed by atoms with Gasteiger partial charge in [0.2, 0.25) is 10.0 Å². The SMILES string of the molecule is O=C(Nc1ccccc1-c1cccs1)c1cccc(S(=O)(=O)N2CCOCC2)c1. The van der Waals surface area contributed by atoms with Gasteiger partial charge in [0.05, 0.1) is 18.1 Å². The number of benzene rings is 2. The maximum Gasteiger partial charge on any atom is 0.255 e. The molecule has 29 heavy (non-hydrogen) atoms. The van der Waals surface area contributed by atoms with E-state index in [-0.39, 0.29) is 10.8 Å². The first kappa shape index (κ1) is 19.8. The molecule has 2 heterocycles. The summed E-state index contributed by atoms with van der Waals surface area (Å²) in [4.78, 5) is 14.0. The van der Waals surface area contributed by atoms with Crippen LogP contribution in [0, 0.1) is 0 Å². The van der Waals surface area contributed by atoms with Crippen LogP contribution in [0.2, 0.25) is 0 Å². The van der Waals surface area contributed by atoms with Gasteiger partial charge < -0.3 is 10.1 Å². The molecular formula is C21H20N2O4S2. The Balaban J connectivity index is 1.59. The van der Waals surface area contributed by atoms with Crippen LogP contribution in [-0.2, 0) is 14.8 Å². The molecule has 8 heteroatoms. The van der Waals surface area contributed by atoms with E-state index >= 15 is 0 Å². The van der Waals surface area contributed by atoms with Gasteiger partial charge in [0.1, 0.15) is 0 Å². The van der Waals surface area contributed by atoms with E-state index in [4.69, 9.17) is 4.74 Å². The third-order valence-corrected chi connectivity index (χ3v) is 7.46. The van der Waals surface area contributed by atoms with Crippen LogP contribution in [0.25, 0.3) is 10.4 Å². The molecule has 0 radical (unpaired) electrons. The number of carbonyl (C=O) groups is 1. The van der Waals surface area contributed by atoms with Crippen LogP contribution in [0.1, 0.15) is 10.4 Å². The van der Waals surface area contributed by atoms with E-state index in [0.29, 0.717) is 37.6 Å². The Morgan fingerprint density at radius 3 is 2.55 bits per heavy atom. The molecule has 0 spiro atoms. The Hall–Kier alpha value is -2.52. The first-order chi connectivity index (χ1) is 14.1. The fourth-order valence-electron chi connectivity index (χ4n) is 3.17. The van der Waals surface area contributed by atoms with Crippen molar-refractivity contribution in [1.82, 2.24) is 4.31 Å². The highest BCUT2D eigenvalue weighted by Crippen LogP contribution is 2.31. The summed E-state index contributed by atoms with van der Waals surface area (Å²) in [6.45, 7) is 1.37. The van der Waals surface area contributed by atoms with E-state index in [1.165, 1.54) is 16.4 Å². The van der Waals surface area contributed by atoms with Gasteiger partial charge in [0.25, 0.3) is 5.91 Å². The molecule has 0 aliphatic carbocycles. The number of carbonyl (C=O) groups excluding carboxylic acids is 1. The molecule has 0 unspecified atom stereocenters. The predicted molar refractivity (Wildman–Crippen MR) is 114 cm³/mol. The summed E-state index contributed by atoms with van der Waals surface area (Å²) in [5, 5.41) is 4.89. The standard InChI is InChI=1S/C21H20N2O4S2/c24-21(22-19-8-2-1-7-18(19)20-9-4-14-28-20)16-5-3-6-17(15-16)29(25,26)23-10-12-27-13-11-23/h1-9,14-15H,10-13H2,(H,22,24). The highest BCUT2D eigenvalue weighted by atomic mass is 32.2. The van der Waals surface area contributed by atoms with E-state index < -0.39 is 10.0 Å². The van der Waals surface area contributed by atoms with E-state index in [9.17, 15) is 13.2 Å². The molecule has 1 aliphatic heterocycles. The van der Waals surface area contributed by atoms with Gasteiger partial charge in [0.15, 0.2) is 0 Å². The molecule has 1 N–H and O–H groups in total. The lowest BCUT2D eigenvalue weighted by Crippen LogP contribution is -2.40. The van der Waals surface area contributed by atoms with Crippen molar-refractivity contribution in [2.24, 2.45) is 0 Å². The Labute approximate surface area is 173 Å². The van der Waals surface area contributed by atoms with Crippen molar-refractivity contribution in [3.8, 4) is 10.4 Å². The third-order valence-electron chi connectivity index (χ3n) is 4.67. The number of anilines is 1. The number of hydrogen-bond donors (Lipinski definition) is 1. The number of para-hydroxylation sites is 1. The van der Waals surface area contributed by atoms with Crippen molar-refractivity contribution in [3.05, 3.63) is 71.6 Å². The van der Waals surface area contributed by atoms with Gasteiger partial charge in [-0.2, -0.15) is 4.31 Å². The number of hydrogen-bond acceptors (Lipinski definition) is 5. The molecule has 1 fully saturated rings. The average molecular weight is 429 g/mol. The normalized spacial score (nSPS) is 15.2. The molecule has 0 atom stereocenters. The van der Waals surface area contributed by atoms with Crippen LogP contribution in [0.15, 0.2) is 70.9 Å². The number of ether oxygens (including phenoxy) is 1. The summed E-state index contributed by atoms with van der Waals surface area (Å²) in [5.41, 5.74) is 1.90. The Morgan fingerprint density at radius 1 is 1.00 bits per heavy atom. The molecule has 0 bridgehead atoms. The molecule has 0 saturated carbocycles. The molecule has 1 saturated heterocycles. The van der Waals surface area contributed by atoms with Gasteiger partial charge in [-0.3, -0.25) is 4.79 Å². The Kier molecular flexibility index (Phi) is 5.77. The second-order valence-electron chi connectivity index (χ2n) is 6.52. The highest BCUT2D eigenvalue weighted by molar-refractivity contribution is 7.89. The molecule has 2 aromatic carbocycles. The second-order valence-corrected chi connectivity index (χ2v) is 9.41. The van der Waals surface area contributed by atoms with Gasteiger partial charge in [-0.25, -0.2) is 8.42 Å². The van der Waals surface area contributed by atoms with E-state index in [0.717, 1.165) is 10.4 Å². The van der Waals surface area contributed by atoms with Gasteiger partial charge >= 0.3 is 0 Å².